The number of hydrogen-bond acceptors (Lipinski definition) is 3. The van der Waals surface area contributed by atoms with Gasteiger partial charge in [0.25, 0.3) is 0 Å². The molecule has 0 unspecified atom stereocenters. The van der Waals surface area contributed by atoms with Crippen molar-refractivity contribution in [2.45, 2.75) is 13.2 Å². The molecular formula is C15H12ClNO2. The molecule has 0 aliphatic carbocycles. The highest BCUT2D eigenvalue weighted by Crippen LogP contribution is 2.24. The normalized spacial score (nSPS) is 9.95. The number of halogens is 1. The van der Waals surface area contributed by atoms with E-state index in [1.54, 1.807) is 24.3 Å². The van der Waals surface area contributed by atoms with Crippen LogP contribution in [-0.4, -0.2) is 5.11 Å². The third-order valence-electron chi connectivity index (χ3n) is 2.71. The molecule has 0 aliphatic heterocycles. The lowest BCUT2D eigenvalue weighted by Gasteiger charge is -2.11. The molecule has 96 valence electrons. The number of nitriles is 1. The zero-order valence-electron chi connectivity index (χ0n) is 10.1. The third kappa shape index (κ3) is 3.25. The molecule has 0 radical (unpaired) electrons. The van der Waals surface area contributed by atoms with Gasteiger partial charge in [0.15, 0.2) is 0 Å². The predicted molar refractivity (Wildman–Crippen MR) is 72.9 cm³/mol. The first-order valence-electron chi connectivity index (χ1n) is 5.74. The number of aliphatic hydroxyl groups is 1. The molecule has 0 atom stereocenters. The second-order valence-corrected chi connectivity index (χ2v) is 4.40. The molecule has 4 heteroatoms. The number of rotatable bonds is 4. The van der Waals surface area contributed by atoms with Gasteiger partial charge in [-0.05, 0) is 24.3 Å². The van der Waals surface area contributed by atoms with Gasteiger partial charge in [-0.2, -0.15) is 5.26 Å². The van der Waals surface area contributed by atoms with E-state index >= 15 is 0 Å². The zero-order chi connectivity index (χ0) is 13.7. The fraction of sp³-hybridized carbons (Fsp3) is 0.133. The predicted octanol–water partition coefficient (Wildman–Crippen LogP) is 3.28. The van der Waals surface area contributed by atoms with Crippen molar-refractivity contribution in [2.24, 2.45) is 0 Å². The van der Waals surface area contributed by atoms with Gasteiger partial charge < -0.3 is 9.84 Å². The van der Waals surface area contributed by atoms with E-state index in [1.165, 1.54) is 0 Å². The van der Waals surface area contributed by atoms with Crippen molar-refractivity contribution in [1.29, 1.82) is 5.26 Å². The highest BCUT2D eigenvalue weighted by atomic mass is 35.5. The van der Waals surface area contributed by atoms with Crippen molar-refractivity contribution >= 4 is 11.6 Å². The zero-order valence-corrected chi connectivity index (χ0v) is 10.9. The fourth-order valence-electron chi connectivity index (χ4n) is 1.72. The number of aliphatic hydroxyl groups excluding tert-OH is 1. The van der Waals surface area contributed by atoms with Gasteiger partial charge in [0, 0.05) is 16.1 Å². The Balaban J connectivity index is 2.17. The van der Waals surface area contributed by atoms with E-state index in [2.05, 4.69) is 6.07 Å². The summed E-state index contributed by atoms with van der Waals surface area (Å²) in [7, 11) is 0. The molecule has 2 aromatic carbocycles. The minimum Gasteiger partial charge on any atom is -0.488 e. The maximum Gasteiger partial charge on any atom is 0.125 e. The molecule has 0 heterocycles. The largest absolute Gasteiger partial charge is 0.488 e. The van der Waals surface area contributed by atoms with E-state index in [-0.39, 0.29) is 13.2 Å². The van der Waals surface area contributed by atoms with Crippen LogP contribution in [-0.2, 0) is 13.2 Å². The van der Waals surface area contributed by atoms with Crippen molar-refractivity contribution in [2.75, 3.05) is 0 Å². The minimum atomic E-state index is -0.143. The van der Waals surface area contributed by atoms with Gasteiger partial charge in [-0.15, -0.1) is 0 Å². The van der Waals surface area contributed by atoms with Crippen LogP contribution in [0.3, 0.4) is 0 Å². The molecule has 1 N–H and O–H groups in total. The molecule has 0 saturated carbocycles. The number of nitrogens with zero attached hydrogens (tertiary/aromatic N) is 1. The van der Waals surface area contributed by atoms with Gasteiger partial charge in [0.1, 0.15) is 12.4 Å². The van der Waals surface area contributed by atoms with Crippen LogP contribution in [0.5, 0.6) is 5.75 Å². The van der Waals surface area contributed by atoms with Crippen molar-refractivity contribution < 1.29 is 9.84 Å². The Morgan fingerprint density at radius 1 is 1.16 bits per heavy atom. The van der Waals surface area contributed by atoms with Crippen LogP contribution in [0, 0.1) is 11.3 Å². The summed E-state index contributed by atoms with van der Waals surface area (Å²) in [6.45, 7) is 0.133. The smallest absolute Gasteiger partial charge is 0.125 e. The molecule has 19 heavy (non-hydrogen) atoms. The van der Waals surface area contributed by atoms with Gasteiger partial charge in [-0.1, -0.05) is 29.8 Å². The van der Waals surface area contributed by atoms with Crippen molar-refractivity contribution in [3.8, 4) is 11.8 Å². The lowest BCUT2D eigenvalue weighted by atomic mass is 10.1. The first kappa shape index (κ1) is 13.4. The lowest BCUT2D eigenvalue weighted by Crippen LogP contribution is -2.00. The summed E-state index contributed by atoms with van der Waals surface area (Å²) in [6.07, 6.45) is 0. The second-order valence-electron chi connectivity index (χ2n) is 3.97. The standard InChI is InChI=1S/C15H12ClNO2/c16-14-5-6-15(13(7-14)9-18)19-10-12-4-2-1-3-11(12)8-17/h1-7,18H,9-10H2. The topological polar surface area (TPSA) is 53.2 Å². The first-order chi connectivity index (χ1) is 9.24. The fourth-order valence-corrected chi connectivity index (χ4v) is 1.92. The summed E-state index contributed by atoms with van der Waals surface area (Å²) in [5.74, 6) is 0.569. The molecule has 0 saturated heterocycles. The number of ether oxygens (including phenoxy) is 1. The van der Waals surface area contributed by atoms with Crippen LogP contribution >= 0.6 is 11.6 Å². The summed E-state index contributed by atoms with van der Waals surface area (Å²) < 4.78 is 5.64. The van der Waals surface area contributed by atoms with Crippen molar-refractivity contribution in [3.63, 3.8) is 0 Å². The summed E-state index contributed by atoms with van der Waals surface area (Å²) in [4.78, 5) is 0. The molecule has 0 aromatic heterocycles. The second kappa shape index (κ2) is 6.24. The lowest BCUT2D eigenvalue weighted by molar-refractivity contribution is 0.259. The van der Waals surface area contributed by atoms with Gasteiger partial charge in [0.05, 0.1) is 18.2 Å². The Morgan fingerprint density at radius 2 is 1.95 bits per heavy atom. The van der Waals surface area contributed by atoms with Crippen LogP contribution in [0.15, 0.2) is 42.5 Å². The summed E-state index contributed by atoms with van der Waals surface area (Å²) in [6, 6.07) is 14.4. The molecule has 2 rings (SSSR count). The quantitative estimate of drug-likeness (QED) is 0.930. The Bertz CT molecular complexity index is 620. The van der Waals surface area contributed by atoms with Crippen LogP contribution in [0.1, 0.15) is 16.7 Å². The maximum atomic E-state index is 9.25. The minimum absolute atomic E-state index is 0.143. The van der Waals surface area contributed by atoms with Crippen LogP contribution < -0.4 is 4.74 Å². The Hall–Kier alpha value is -2.02. The van der Waals surface area contributed by atoms with Crippen LogP contribution in [0.25, 0.3) is 0 Å². The Labute approximate surface area is 116 Å². The van der Waals surface area contributed by atoms with E-state index < -0.39 is 0 Å². The van der Waals surface area contributed by atoms with Crippen LogP contribution in [0.4, 0.5) is 0 Å². The highest BCUT2D eigenvalue weighted by Gasteiger charge is 2.06. The van der Waals surface area contributed by atoms with E-state index in [0.717, 1.165) is 5.56 Å². The Morgan fingerprint density at radius 3 is 2.68 bits per heavy atom. The molecule has 3 nitrogen and oxygen atoms in total. The summed E-state index contributed by atoms with van der Waals surface area (Å²) >= 11 is 5.85. The summed E-state index contributed by atoms with van der Waals surface area (Å²) in [5.41, 5.74) is 2.02. The van der Waals surface area contributed by atoms with E-state index in [0.29, 0.717) is 21.9 Å². The molecule has 0 bridgehead atoms. The van der Waals surface area contributed by atoms with E-state index in [4.69, 9.17) is 21.6 Å². The van der Waals surface area contributed by atoms with Gasteiger partial charge >= 0.3 is 0 Å². The average molecular weight is 274 g/mol. The van der Waals surface area contributed by atoms with E-state index in [9.17, 15) is 5.11 Å². The molecule has 2 aromatic rings. The van der Waals surface area contributed by atoms with Gasteiger partial charge in [-0.3, -0.25) is 0 Å². The maximum absolute atomic E-state index is 9.25. The molecular weight excluding hydrogens is 262 g/mol. The number of benzene rings is 2. The first-order valence-corrected chi connectivity index (χ1v) is 6.12. The highest BCUT2D eigenvalue weighted by molar-refractivity contribution is 6.30. The van der Waals surface area contributed by atoms with Crippen LogP contribution in [0.2, 0.25) is 5.02 Å². The molecule has 0 fully saturated rings. The third-order valence-corrected chi connectivity index (χ3v) is 2.95. The van der Waals surface area contributed by atoms with Crippen molar-refractivity contribution in [1.82, 2.24) is 0 Å². The Kier molecular flexibility index (Phi) is 4.40. The average Bonchev–Trinajstić information content (AvgIpc) is 2.46. The molecule has 0 amide bonds. The SMILES string of the molecule is N#Cc1ccccc1COc1ccc(Cl)cc1CO. The monoisotopic (exact) mass is 273 g/mol. The van der Waals surface area contributed by atoms with Gasteiger partial charge in [-0.25, -0.2) is 0 Å². The molecule has 0 aliphatic rings. The molecule has 0 spiro atoms. The van der Waals surface area contributed by atoms with Gasteiger partial charge in [0.2, 0.25) is 0 Å². The number of hydrogen-bond donors (Lipinski definition) is 1. The summed E-state index contributed by atoms with van der Waals surface area (Å²) in [5, 5.41) is 18.8. The van der Waals surface area contributed by atoms with Crippen molar-refractivity contribution in [3.05, 3.63) is 64.2 Å². The van der Waals surface area contributed by atoms with E-state index in [1.807, 2.05) is 18.2 Å².